The summed E-state index contributed by atoms with van der Waals surface area (Å²) in [6.07, 6.45) is 12.1. The molecule has 0 radical (unpaired) electrons. The molecule has 0 saturated carbocycles. The summed E-state index contributed by atoms with van der Waals surface area (Å²) in [6.45, 7) is 4.68. The van der Waals surface area contributed by atoms with Crippen molar-refractivity contribution in [2.75, 3.05) is 26.2 Å². The molecule has 2 atom stereocenters. The van der Waals surface area contributed by atoms with Gasteiger partial charge in [-0.3, -0.25) is 9.80 Å². The van der Waals surface area contributed by atoms with E-state index in [0.717, 1.165) is 25.7 Å². The Morgan fingerprint density at radius 1 is 0.529 bits per heavy atom. The molecule has 0 spiro atoms. The third kappa shape index (κ3) is 7.50. The number of benzene rings is 2. The van der Waals surface area contributed by atoms with Crippen LogP contribution in [0, 0.1) is 23.7 Å². The van der Waals surface area contributed by atoms with Crippen LogP contribution in [-0.2, 0) is 0 Å². The molecule has 2 aromatic carbocycles. The smallest absolute Gasteiger partial charge is 0.0970 e. The Balaban J connectivity index is 1.28. The maximum Gasteiger partial charge on any atom is 0.0970 e. The Morgan fingerprint density at radius 3 is 1.29 bits per heavy atom. The lowest BCUT2D eigenvalue weighted by Gasteiger charge is -2.31. The van der Waals surface area contributed by atoms with Gasteiger partial charge >= 0.3 is 0 Å². The Kier molecular flexibility index (Phi) is 10.1. The van der Waals surface area contributed by atoms with Crippen LogP contribution in [0.15, 0.2) is 60.7 Å². The fraction of sp³-hybridized carbons (Fsp3) is 0.500. The highest BCUT2D eigenvalue weighted by Gasteiger charge is 2.21. The van der Waals surface area contributed by atoms with Gasteiger partial charge in [-0.25, -0.2) is 0 Å². The summed E-state index contributed by atoms with van der Waals surface area (Å²) in [5.74, 6) is 14.2. The predicted octanol–water partition coefficient (Wildman–Crippen LogP) is 7.01. The van der Waals surface area contributed by atoms with Gasteiger partial charge in [0.25, 0.3) is 0 Å². The Labute approximate surface area is 207 Å². The Hall–Kier alpha value is -2.52. The van der Waals surface area contributed by atoms with Crippen LogP contribution >= 0.6 is 0 Å². The van der Waals surface area contributed by atoms with Crippen molar-refractivity contribution in [3.05, 3.63) is 71.8 Å². The molecule has 0 aliphatic carbocycles. The van der Waals surface area contributed by atoms with Crippen molar-refractivity contribution in [1.29, 1.82) is 0 Å². The van der Waals surface area contributed by atoms with E-state index < -0.39 is 0 Å². The standard InChI is InChI=1S/C32H40N2/c1(3-13-23-31(29-19-9-5-10-20-29)33-25-15-7-16-26-33)2-4-14-24-32(30-21-11-6-12-22-30)34-27-17-8-18-28-34/h5-6,9-12,19-22,31-32H,1-4,7-8,15-18,25-28H2. The van der Waals surface area contributed by atoms with Crippen molar-refractivity contribution in [2.24, 2.45) is 0 Å². The molecule has 0 aromatic heterocycles. The van der Waals surface area contributed by atoms with Crippen molar-refractivity contribution in [3.63, 3.8) is 0 Å². The summed E-state index contributed by atoms with van der Waals surface area (Å²) in [6, 6.07) is 22.2. The van der Waals surface area contributed by atoms with Crippen LogP contribution in [0.25, 0.3) is 0 Å². The average molecular weight is 453 g/mol. The number of nitrogens with zero attached hydrogens (tertiary/aromatic N) is 2. The summed E-state index contributed by atoms with van der Waals surface area (Å²) < 4.78 is 0. The molecule has 2 aromatic rings. The van der Waals surface area contributed by atoms with Gasteiger partial charge in [-0.15, -0.1) is 11.8 Å². The molecule has 34 heavy (non-hydrogen) atoms. The predicted molar refractivity (Wildman–Crippen MR) is 143 cm³/mol. The topological polar surface area (TPSA) is 6.48 Å². The Bertz CT molecular complexity index is 867. The normalized spacial score (nSPS) is 18.7. The SMILES string of the molecule is C(#CC(c1ccccc1)N1CCCCC1)CCCCC#CC(c1ccccc1)N1CCCCC1. The van der Waals surface area contributed by atoms with Gasteiger partial charge in [-0.2, -0.15) is 0 Å². The summed E-state index contributed by atoms with van der Waals surface area (Å²) in [5.41, 5.74) is 2.68. The molecule has 2 aliphatic rings. The van der Waals surface area contributed by atoms with E-state index in [1.165, 1.54) is 75.8 Å². The van der Waals surface area contributed by atoms with E-state index in [9.17, 15) is 0 Å². The number of rotatable bonds is 7. The summed E-state index contributed by atoms with van der Waals surface area (Å²) >= 11 is 0. The highest BCUT2D eigenvalue weighted by Crippen LogP contribution is 2.25. The van der Waals surface area contributed by atoms with E-state index in [0.29, 0.717) is 0 Å². The van der Waals surface area contributed by atoms with E-state index in [1.54, 1.807) is 0 Å². The highest BCUT2D eigenvalue weighted by molar-refractivity contribution is 5.28. The zero-order valence-corrected chi connectivity index (χ0v) is 20.7. The van der Waals surface area contributed by atoms with Gasteiger partial charge < -0.3 is 0 Å². The number of likely N-dealkylation sites (tertiary alicyclic amines) is 2. The van der Waals surface area contributed by atoms with Gasteiger partial charge in [0.2, 0.25) is 0 Å². The molecule has 2 saturated heterocycles. The third-order valence-electron chi connectivity index (χ3n) is 7.07. The molecule has 4 rings (SSSR count). The number of unbranched alkanes of at least 4 members (excludes halogenated alkanes) is 3. The van der Waals surface area contributed by atoms with Crippen molar-refractivity contribution < 1.29 is 0 Å². The molecule has 2 heterocycles. The first kappa shape index (κ1) is 24.6. The second-order valence-electron chi connectivity index (χ2n) is 9.67. The van der Waals surface area contributed by atoms with Crippen LogP contribution in [0.5, 0.6) is 0 Å². The lowest BCUT2D eigenvalue weighted by atomic mass is 10.0. The zero-order valence-electron chi connectivity index (χ0n) is 20.7. The van der Waals surface area contributed by atoms with Crippen molar-refractivity contribution >= 4 is 0 Å². The molecule has 0 amide bonds. The minimum atomic E-state index is 0.248. The first-order valence-corrected chi connectivity index (χ1v) is 13.5. The zero-order chi connectivity index (χ0) is 23.3. The Morgan fingerprint density at radius 2 is 0.912 bits per heavy atom. The molecular weight excluding hydrogens is 412 g/mol. The van der Waals surface area contributed by atoms with Crippen molar-refractivity contribution in [3.8, 4) is 23.7 Å². The molecule has 178 valence electrons. The maximum atomic E-state index is 3.61. The van der Waals surface area contributed by atoms with Gasteiger partial charge in [0.1, 0.15) is 0 Å². The monoisotopic (exact) mass is 452 g/mol. The fourth-order valence-electron chi connectivity index (χ4n) is 5.16. The lowest BCUT2D eigenvalue weighted by molar-refractivity contribution is 0.197. The largest absolute Gasteiger partial charge is 0.286 e. The molecule has 2 unspecified atom stereocenters. The first-order valence-electron chi connectivity index (χ1n) is 13.5. The van der Waals surface area contributed by atoms with E-state index >= 15 is 0 Å². The number of piperidine rings is 2. The minimum absolute atomic E-state index is 0.248. The highest BCUT2D eigenvalue weighted by atomic mass is 15.2. The van der Waals surface area contributed by atoms with Gasteiger partial charge in [0, 0.05) is 12.8 Å². The van der Waals surface area contributed by atoms with Crippen molar-refractivity contribution in [2.45, 2.75) is 76.3 Å². The molecule has 0 N–H and O–H groups in total. The number of hydrogen-bond donors (Lipinski definition) is 0. The summed E-state index contributed by atoms with van der Waals surface area (Å²) in [4.78, 5) is 5.14. The van der Waals surface area contributed by atoms with E-state index in [4.69, 9.17) is 0 Å². The quantitative estimate of drug-likeness (QED) is 0.329. The van der Waals surface area contributed by atoms with Gasteiger partial charge in [-0.1, -0.05) is 85.3 Å². The van der Waals surface area contributed by atoms with Crippen LogP contribution in [0.2, 0.25) is 0 Å². The van der Waals surface area contributed by atoms with E-state index in [1.807, 2.05) is 0 Å². The summed E-state index contributed by atoms with van der Waals surface area (Å²) in [7, 11) is 0. The van der Waals surface area contributed by atoms with Crippen LogP contribution in [0.4, 0.5) is 0 Å². The molecule has 0 bridgehead atoms. The van der Waals surface area contributed by atoms with E-state index in [2.05, 4.69) is 94.1 Å². The van der Waals surface area contributed by atoms with E-state index in [-0.39, 0.29) is 12.1 Å². The van der Waals surface area contributed by atoms with Gasteiger partial charge in [0.15, 0.2) is 0 Å². The number of hydrogen-bond acceptors (Lipinski definition) is 2. The fourth-order valence-corrected chi connectivity index (χ4v) is 5.16. The lowest BCUT2D eigenvalue weighted by Crippen LogP contribution is -2.33. The second kappa shape index (κ2) is 14.0. The minimum Gasteiger partial charge on any atom is -0.286 e. The average Bonchev–Trinajstić information content (AvgIpc) is 2.92. The summed E-state index contributed by atoms with van der Waals surface area (Å²) in [5, 5.41) is 0. The van der Waals surface area contributed by atoms with Crippen LogP contribution in [0.1, 0.15) is 87.4 Å². The first-order chi connectivity index (χ1) is 16.9. The van der Waals surface area contributed by atoms with Gasteiger partial charge in [0.05, 0.1) is 12.1 Å². The van der Waals surface area contributed by atoms with Gasteiger partial charge in [-0.05, 0) is 75.8 Å². The van der Waals surface area contributed by atoms with Crippen LogP contribution in [0.3, 0.4) is 0 Å². The maximum absolute atomic E-state index is 3.61. The van der Waals surface area contributed by atoms with Crippen LogP contribution in [-0.4, -0.2) is 36.0 Å². The second-order valence-corrected chi connectivity index (χ2v) is 9.67. The molecule has 2 aliphatic heterocycles. The van der Waals surface area contributed by atoms with Crippen LogP contribution < -0.4 is 0 Å². The molecular formula is C32H40N2. The third-order valence-corrected chi connectivity index (χ3v) is 7.07. The van der Waals surface area contributed by atoms with Crippen molar-refractivity contribution in [1.82, 2.24) is 9.80 Å². The molecule has 2 fully saturated rings. The molecule has 2 nitrogen and oxygen atoms in total. The molecule has 2 heteroatoms.